The average Bonchev–Trinajstić information content (AvgIpc) is 2.63. The van der Waals surface area contributed by atoms with Crippen LogP contribution in [0, 0.1) is 0 Å². The number of hydrogen-bond acceptors (Lipinski definition) is 3. The highest BCUT2D eigenvalue weighted by Gasteiger charge is 2.12. The summed E-state index contributed by atoms with van der Waals surface area (Å²) >= 11 is 0. The average molecular weight is 336 g/mol. The molecule has 0 saturated heterocycles. The fraction of sp³-hybridized carbons (Fsp3) is 0.286. The number of carbonyl (C=O) groups is 1. The van der Waals surface area contributed by atoms with Gasteiger partial charge in [0.2, 0.25) is 0 Å². The Labute approximate surface area is 149 Å². The lowest BCUT2D eigenvalue weighted by atomic mass is 10.0. The number of allylic oxidation sites excluding steroid dienone is 3. The van der Waals surface area contributed by atoms with Crippen molar-refractivity contribution in [1.29, 1.82) is 0 Å². The summed E-state index contributed by atoms with van der Waals surface area (Å²) in [6.45, 7) is 4.03. The first-order valence-corrected chi connectivity index (χ1v) is 8.63. The van der Waals surface area contributed by atoms with Crippen LogP contribution in [0.25, 0.3) is 16.7 Å². The number of aliphatic carboxylic acids is 1. The second-order valence-corrected chi connectivity index (χ2v) is 5.86. The van der Waals surface area contributed by atoms with Crippen LogP contribution in [0.5, 0.6) is 0 Å². The minimum absolute atomic E-state index is 0.0796. The van der Waals surface area contributed by atoms with E-state index in [0.717, 1.165) is 17.5 Å². The molecule has 0 saturated carbocycles. The lowest BCUT2D eigenvalue weighted by Gasteiger charge is -2.05. The summed E-state index contributed by atoms with van der Waals surface area (Å²) in [4.78, 5) is 19.8. The van der Waals surface area contributed by atoms with Crippen molar-refractivity contribution < 1.29 is 9.90 Å². The molecule has 0 radical (unpaired) electrons. The van der Waals surface area contributed by atoms with Gasteiger partial charge in [-0.2, -0.15) is 0 Å². The van der Waals surface area contributed by atoms with Gasteiger partial charge in [-0.05, 0) is 37.0 Å². The van der Waals surface area contributed by atoms with Gasteiger partial charge in [0.25, 0.3) is 0 Å². The Bertz CT molecular complexity index is 744. The number of benzene rings is 1. The summed E-state index contributed by atoms with van der Waals surface area (Å²) in [5.41, 5.74) is 3.31. The molecule has 2 aromatic rings. The van der Waals surface area contributed by atoms with Crippen molar-refractivity contribution in [2.75, 3.05) is 0 Å². The Balaban J connectivity index is 2.15. The van der Waals surface area contributed by atoms with Crippen LogP contribution in [0.15, 0.2) is 54.9 Å². The number of aryl methyl sites for hydroxylation is 1. The van der Waals surface area contributed by atoms with Crippen LogP contribution in [0.4, 0.5) is 0 Å². The summed E-state index contributed by atoms with van der Waals surface area (Å²) in [7, 11) is 0. The van der Waals surface area contributed by atoms with E-state index in [0.29, 0.717) is 0 Å². The molecule has 0 spiro atoms. The zero-order valence-corrected chi connectivity index (χ0v) is 14.8. The third-order valence-electron chi connectivity index (χ3n) is 3.93. The molecule has 0 unspecified atom stereocenters. The first kappa shape index (κ1) is 18.6. The molecule has 0 fully saturated rings. The van der Waals surface area contributed by atoms with Crippen LogP contribution in [0.3, 0.4) is 0 Å². The van der Waals surface area contributed by atoms with Gasteiger partial charge in [-0.1, -0.05) is 56.2 Å². The fourth-order valence-electron chi connectivity index (χ4n) is 2.49. The highest BCUT2D eigenvalue weighted by Crippen LogP contribution is 2.20. The Morgan fingerprint density at radius 3 is 2.32 bits per heavy atom. The van der Waals surface area contributed by atoms with Crippen LogP contribution in [0.2, 0.25) is 0 Å². The van der Waals surface area contributed by atoms with Gasteiger partial charge in [-0.15, -0.1) is 0 Å². The Hall–Kier alpha value is -2.75. The van der Waals surface area contributed by atoms with E-state index in [9.17, 15) is 9.90 Å². The molecule has 0 atom stereocenters. The minimum atomic E-state index is -1.04. The van der Waals surface area contributed by atoms with Gasteiger partial charge in [0.15, 0.2) is 5.82 Å². The predicted molar refractivity (Wildman–Crippen MR) is 101 cm³/mol. The van der Waals surface area contributed by atoms with Gasteiger partial charge < -0.3 is 5.11 Å². The Kier molecular flexibility index (Phi) is 7.08. The van der Waals surface area contributed by atoms with Crippen LogP contribution in [0.1, 0.15) is 44.5 Å². The number of carboxylic acid groups (broad SMARTS) is 1. The predicted octanol–water partition coefficient (Wildman–Crippen LogP) is 4.92. The van der Waals surface area contributed by atoms with Gasteiger partial charge in [-0.25, -0.2) is 14.8 Å². The second-order valence-electron chi connectivity index (χ2n) is 5.86. The van der Waals surface area contributed by atoms with E-state index >= 15 is 0 Å². The SMILES string of the molecule is C/C=C/C=C(/C(=O)O)c1ncc(-c2ccc(CCCCC)cc2)cn1. The molecule has 1 aromatic heterocycles. The third kappa shape index (κ3) is 5.38. The molecular formula is C21H24N2O2. The van der Waals surface area contributed by atoms with E-state index in [-0.39, 0.29) is 11.4 Å². The molecule has 2 rings (SSSR count). The maximum atomic E-state index is 11.3. The number of hydrogen-bond donors (Lipinski definition) is 1. The molecule has 25 heavy (non-hydrogen) atoms. The van der Waals surface area contributed by atoms with Gasteiger partial charge >= 0.3 is 5.97 Å². The lowest BCUT2D eigenvalue weighted by Crippen LogP contribution is -2.04. The van der Waals surface area contributed by atoms with Gasteiger partial charge in [0, 0.05) is 18.0 Å². The van der Waals surface area contributed by atoms with E-state index < -0.39 is 5.97 Å². The van der Waals surface area contributed by atoms with E-state index in [4.69, 9.17) is 0 Å². The number of unbranched alkanes of at least 4 members (excludes halogenated alkanes) is 2. The van der Waals surface area contributed by atoms with Crippen LogP contribution in [-0.4, -0.2) is 21.0 Å². The van der Waals surface area contributed by atoms with Crippen molar-refractivity contribution >= 4 is 11.5 Å². The summed E-state index contributed by atoms with van der Waals surface area (Å²) in [5, 5.41) is 9.28. The molecule has 1 aromatic carbocycles. The maximum absolute atomic E-state index is 11.3. The van der Waals surface area contributed by atoms with Crippen molar-refractivity contribution in [3.05, 3.63) is 66.3 Å². The lowest BCUT2D eigenvalue weighted by molar-refractivity contribution is -0.130. The van der Waals surface area contributed by atoms with Crippen molar-refractivity contribution in [3.63, 3.8) is 0 Å². The molecule has 0 aliphatic heterocycles. The molecule has 130 valence electrons. The molecule has 4 heteroatoms. The number of rotatable bonds is 8. The molecule has 0 amide bonds. The zero-order valence-electron chi connectivity index (χ0n) is 14.8. The smallest absolute Gasteiger partial charge is 0.339 e. The fourth-order valence-corrected chi connectivity index (χ4v) is 2.49. The van der Waals surface area contributed by atoms with Crippen molar-refractivity contribution in [2.24, 2.45) is 0 Å². The summed E-state index contributed by atoms with van der Waals surface area (Å²) < 4.78 is 0. The summed E-state index contributed by atoms with van der Waals surface area (Å²) in [6.07, 6.45) is 13.1. The topological polar surface area (TPSA) is 63.1 Å². The first-order chi connectivity index (χ1) is 12.2. The molecule has 0 bridgehead atoms. The van der Waals surface area contributed by atoms with E-state index in [1.165, 1.54) is 30.9 Å². The Morgan fingerprint density at radius 2 is 1.76 bits per heavy atom. The van der Waals surface area contributed by atoms with Gasteiger partial charge in [-0.3, -0.25) is 0 Å². The first-order valence-electron chi connectivity index (χ1n) is 8.63. The number of nitrogens with zero attached hydrogens (tertiary/aromatic N) is 2. The zero-order chi connectivity index (χ0) is 18.1. The van der Waals surface area contributed by atoms with Gasteiger partial charge in [0.1, 0.15) is 5.57 Å². The van der Waals surface area contributed by atoms with E-state index in [1.54, 1.807) is 24.5 Å². The normalized spacial score (nSPS) is 11.8. The molecule has 0 aliphatic rings. The summed E-state index contributed by atoms with van der Waals surface area (Å²) in [6, 6.07) is 8.39. The molecule has 0 aliphatic carbocycles. The summed E-state index contributed by atoms with van der Waals surface area (Å²) in [5.74, 6) is -0.826. The van der Waals surface area contributed by atoms with Crippen molar-refractivity contribution in [2.45, 2.75) is 39.5 Å². The van der Waals surface area contributed by atoms with Crippen LogP contribution < -0.4 is 0 Å². The molecule has 1 N–H and O–H groups in total. The molecule has 1 heterocycles. The molecule has 4 nitrogen and oxygen atoms in total. The molecular weight excluding hydrogens is 312 g/mol. The second kappa shape index (κ2) is 9.52. The standard InChI is InChI=1S/C21H24N2O2/c1-3-5-7-8-16-10-12-17(13-11-16)18-14-22-20(23-15-18)19(21(24)25)9-6-4-2/h4,6,9-15H,3,5,7-8H2,1-2H3,(H,24,25)/b6-4+,19-9+. The van der Waals surface area contributed by atoms with Crippen LogP contribution >= 0.6 is 0 Å². The monoisotopic (exact) mass is 336 g/mol. The minimum Gasteiger partial charge on any atom is -0.478 e. The highest BCUT2D eigenvalue weighted by molar-refractivity contribution is 6.14. The van der Waals surface area contributed by atoms with E-state index in [2.05, 4.69) is 41.2 Å². The van der Waals surface area contributed by atoms with Crippen LogP contribution in [-0.2, 0) is 11.2 Å². The Morgan fingerprint density at radius 1 is 1.08 bits per heavy atom. The van der Waals surface area contributed by atoms with Crippen molar-refractivity contribution in [1.82, 2.24) is 9.97 Å². The van der Waals surface area contributed by atoms with Crippen molar-refractivity contribution in [3.8, 4) is 11.1 Å². The quantitative estimate of drug-likeness (QED) is 0.422. The maximum Gasteiger partial charge on any atom is 0.339 e. The largest absolute Gasteiger partial charge is 0.478 e. The van der Waals surface area contributed by atoms with Gasteiger partial charge in [0.05, 0.1) is 0 Å². The number of carboxylic acids is 1. The van der Waals surface area contributed by atoms with E-state index in [1.807, 2.05) is 6.92 Å². The number of aromatic nitrogens is 2. The highest BCUT2D eigenvalue weighted by atomic mass is 16.4. The third-order valence-corrected chi connectivity index (χ3v) is 3.93.